The molecule has 2 aliphatic heterocycles. The Kier molecular flexibility index (Phi) is 5.18. The lowest BCUT2D eigenvalue weighted by Crippen LogP contribution is -2.33. The molecule has 0 bridgehead atoms. The summed E-state index contributed by atoms with van der Waals surface area (Å²) in [5.74, 6) is 0. The van der Waals surface area contributed by atoms with Crippen molar-refractivity contribution in [2.45, 2.75) is 37.3 Å². The minimum Gasteiger partial charge on any atom is -0.370 e. The van der Waals surface area contributed by atoms with Crippen molar-refractivity contribution in [2.75, 3.05) is 13.2 Å². The van der Waals surface area contributed by atoms with Crippen LogP contribution in [0.2, 0.25) is 0 Å². The third-order valence-electron chi connectivity index (χ3n) is 4.94. The van der Waals surface area contributed by atoms with E-state index in [1.807, 2.05) is 48.5 Å². The van der Waals surface area contributed by atoms with Gasteiger partial charge in [0.15, 0.2) is 0 Å². The molecule has 2 heterocycles. The van der Waals surface area contributed by atoms with Crippen LogP contribution in [0.4, 0.5) is 0 Å². The Morgan fingerprint density at radius 3 is 1.44 bits per heavy atom. The fourth-order valence-corrected chi connectivity index (χ4v) is 3.19. The number of hydrogen-bond donors (Lipinski definition) is 0. The normalized spacial score (nSPS) is 22.3. The molecule has 2 aromatic carbocycles. The van der Waals surface area contributed by atoms with E-state index in [1.165, 1.54) is 0 Å². The van der Waals surface area contributed by atoms with Gasteiger partial charge < -0.3 is 14.2 Å². The van der Waals surface area contributed by atoms with Crippen LogP contribution >= 0.6 is 0 Å². The van der Waals surface area contributed by atoms with Gasteiger partial charge in [-0.05, 0) is 35.4 Å². The maximum atomic E-state index is 8.94. The fourth-order valence-electron chi connectivity index (χ4n) is 3.19. The zero-order valence-electron chi connectivity index (χ0n) is 14.9. The van der Waals surface area contributed by atoms with Crippen molar-refractivity contribution in [3.63, 3.8) is 0 Å². The third kappa shape index (κ3) is 4.72. The van der Waals surface area contributed by atoms with E-state index in [4.69, 9.17) is 24.7 Å². The summed E-state index contributed by atoms with van der Waals surface area (Å²) in [5.41, 5.74) is 3.57. The second kappa shape index (κ2) is 7.90. The van der Waals surface area contributed by atoms with E-state index >= 15 is 0 Å². The predicted octanol–water partition coefficient (Wildman–Crippen LogP) is 2.77. The van der Waals surface area contributed by atoms with E-state index in [0.717, 1.165) is 37.2 Å². The summed E-state index contributed by atoms with van der Waals surface area (Å²) in [6, 6.07) is 19.5. The number of ether oxygens (including phenoxy) is 3. The summed E-state index contributed by atoms with van der Waals surface area (Å²) in [7, 11) is 0. The first-order valence-electron chi connectivity index (χ1n) is 9.12. The van der Waals surface area contributed by atoms with E-state index in [0.29, 0.717) is 11.1 Å². The average molecular weight is 360 g/mol. The van der Waals surface area contributed by atoms with Gasteiger partial charge in [-0.25, -0.2) is 0 Å². The molecular weight excluding hydrogens is 340 g/mol. The van der Waals surface area contributed by atoms with Gasteiger partial charge in [0.2, 0.25) is 0 Å². The Morgan fingerprint density at radius 2 is 1.15 bits per heavy atom. The highest BCUT2D eigenvalue weighted by molar-refractivity contribution is 5.33. The molecule has 2 saturated heterocycles. The van der Waals surface area contributed by atoms with Crippen molar-refractivity contribution in [3.05, 3.63) is 70.8 Å². The maximum absolute atomic E-state index is 8.94. The molecule has 136 valence electrons. The molecule has 4 atom stereocenters. The number of nitriles is 2. The topological polar surface area (TPSA) is 81.9 Å². The molecule has 0 aliphatic carbocycles. The molecule has 4 unspecified atom stereocenters. The van der Waals surface area contributed by atoms with Gasteiger partial charge in [-0.2, -0.15) is 10.5 Å². The number of nitrogens with zero attached hydrogens (tertiary/aromatic N) is 2. The van der Waals surface area contributed by atoms with Crippen LogP contribution in [0.25, 0.3) is 0 Å². The fraction of sp³-hybridized carbons (Fsp3) is 0.364. The molecule has 0 saturated carbocycles. The molecule has 2 fully saturated rings. The summed E-state index contributed by atoms with van der Waals surface area (Å²) in [5, 5.41) is 17.9. The first-order chi connectivity index (χ1) is 13.2. The molecule has 0 radical (unpaired) electrons. The molecule has 27 heavy (non-hydrogen) atoms. The van der Waals surface area contributed by atoms with Crippen molar-refractivity contribution in [1.29, 1.82) is 10.5 Å². The van der Waals surface area contributed by atoms with Crippen LogP contribution in [0, 0.1) is 22.7 Å². The van der Waals surface area contributed by atoms with Gasteiger partial charge in [0.25, 0.3) is 0 Å². The minimum absolute atomic E-state index is 0.0366. The van der Waals surface area contributed by atoms with Gasteiger partial charge in [-0.1, -0.05) is 24.3 Å². The second-order valence-corrected chi connectivity index (χ2v) is 6.98. The van der Waals surface area contributed by atoms with Crippen LogP contribution in [-0.2, 0) is 27.1 Å². The quantitative estimate of drug-likeness (QED) is 0.676. The zero-order chi connectivity index (χ0) is 18.6. The van der Waals surface area contributed by atoms with Gasteiger partial charge in [0.1, 0.15) is 12.2 Å². The number of epoxide rings is 2. The van der Waals surface area contributed by atoms with Gasteiger partial charge in [0, 0.05) is 12.8 Å². The minimum atomic E-state index is -0.0366. The van der Waals surface area contributed by atoms with E-state index in [2.05, 4.69) is 12.1 Å². The highest BCUT2D eigenvalue weighted by Crippen LogP contribution is 2.28. The van der Waals surface area contributed by atoms with E-state index in [-0.39, 0.29) is 24.4 Å². The Hall–Kier alpha value is -2.70. The molecule has 4 rings (SSSR count). The molecular formula is C22H20N2O3. The lowest BCUT2D eigenvalue weighted by Gasteiger charge is -2.23. The van der Waals surface area contributed by atoms with E-state index in [9.17, 15) is 0 Å². The molecule has 2 aliphatic rings. The maximum Gasteiger partial charge on any atom is 0.107 e. The SMILES string of the molecule is N#Cc1ccc(CC(OC(Cc2ccc(C#N)cc2)C2CO2)C2CO2)cc1. The largest absolute Gasteiger partial charge is 0.370 e. The van der Waals surface area contributed by atoms with E-state index in [1.54, 1.807) is 0 Å². The van der Waals surface area contributed by atoms with Crippen molar-refractivity contribution in [1.82, 2.24) is 0 Å². The summed E-state index contributed by atoms with van der Waals surface area (Å²) in [6.45, 7) is 1.44. The smallest absolute Gasteiger partial charge is 0.107 e. The average Bonchev–Trinajstić information content (AvgIpc) is 3.60. The molecule has 2 aromatic rings. The standard InChI is InChI=1S/C22H20N2O3/c23-11-17-5-1-15(2-6-17)9-19(21-13-25-21)27-20(22-14-26-22)10-16-3-7-18(12-24)8-4-16/h1-8,19-22H,9-10,13-14H2. The van der Waals surface area contributed by atoms with Crippen molar-refractivity contribution in [2.24, 2.45) is 0 Å². The van der Waals surface area contributed by atoms with Crippen molar-refractivity contribution < 1.29 is 14.2 Å². The van der Waals surface area contributed by atoms with Gasteiger partial charge in [-0.3, -0.25) is 0 Å². The molecule has 0 aromatic heterocycles. The lowest BCUT2D eigenvalue weighted by molar-refractivity contribution is -0.0369. The number of rotatable bonds is 8. The van der Waals surface area contributed by atoms with Crippen LogP contribution in [0.3, 0.4) is 0 Å². The first kappa shape index (κ1) is 17.7. The van der Waals surface area contributed by atoms with Crippen molar-refractivity contribution >= 4 is 0 Å². The monoisotopic (exact) mass is 360 g/mol. The molecule has 0 amide bonds. The molecule has 5 nitrogen and oxygen atoms in total. The van der Waals surface area contributed by atoms with Crippen LogP contribution in [0.5, 0.6) is 0 Å². The molecule has 5 heteroatoms. The lowest BCUT2D eigenvalue weighted by atomic mass is 10.0. The van der Waals surface area contributed by atoms with Crippen LogP contribution in [-0.4, -0.2) is 37.6 Å². The Balaban J connectivity index is 1.43. The summed E-state index contributed by atoms with van der Waals surface area (Å²) in [4.78, 5) is 0. The predicted molar refractivity (Wildman–Crippen MR) is 97.9 cm³/mol. The van der Waals surface area contributed by atoms with Gasteiger partial charge in [0.05, 0.1) is 48.7 Å². The Morgan fingerprint density at radius 1 is 0.778 bits per heavy atom. The van der Waals surface area contributed by atoms with Crippen LogP contribution < -0.4 is 0 Å². The summed E-state index contributed by atoms with van der Waals surface area (Å²) < 4.78 is 17.5. The highest BCUT2D eigenvalue weighted by Gasteiger charge is 2.40. The van der Waals surface area contributed by atoms with Crippen molar-refractivity contribution in [3.8, 4) is 12.1 Å². The zero-order valence-corrected chi connectivity index (χ0v) is 14.9. The van der Waals surface area contributed by atoms with Gasteiger partial charge in [-0.15, -0.1) is 0 Å². The summed E-state index contributed by atoms with van der Waals surface area (Å²) >= 11 is 0. The Bertz CT molecular complexity index is 783. The first-order valence-corrected chi connectivity index (χ1v) is 9.12. The third-order valence-corrected chi connectivity index (χ3v) is 4.94. The van der Waals surface area contributed by atoms with Crippen LogP contribution in [0.1, 0.15) is 22.3 Å². The second-order valence-electron chi connectivity index (χ2n) is 6.98. The number of hydrogen-bond acceptors (Lipinski definition) is 5. The van der Waals surface area contributed by atoms with Crippen LogP contribution in [0.15, 0.2) is 48.5 Å². The molecule has 0 N–H and O–H groups in total. The number of benzene rings is 2. The summed E-state index contributed by atoms with van der Waals surface area (Å²) in [6.07, 6.45) is 1.64. The van der Waals surface area contributed by atoms with Gasteiger partial charge >= 0.3 is 0 Å². The molecule has 0 spiro atoms. The van der Waals surface area contributed by atoms with E-state index < -0.39 is 0 Å². The Labute approximate surface area is 158 Å². The highest BCUT2D eigenvalue weighted by atomic mass is 16.6.